The first-order chi connectivity index (χ1) is 13.5. The lowest BCUT2D eigenvalue weighted by Crippen LogP contribution is -2.35. The number of imide groups is 2. The van der Waals surface area contributed by atoms with Crippen LogP contribution in [0.15, 0.2) is 30.3 Å². The number of hydrogen-bond donors (Lipinski definition) is 1. The second kappa shape index (κ2) is 8.77. The molecule has 4 amide bonds. The molecule has 2 aliphatic rings. The molecular formula is C20H22N2O6. The highest BCUT2D eigenvalue weighted by Gasteiger charge is 2.47. The van der Waals surface area contributed by atoms with Crippen LogP contribution in [0.2, 0.25) is 0 Å². The highest BCUT2D eigenvalue weighted by molar-refractivity contribution is 6.06. The molecule has 1 aliphatic carbocycles. The minimum atomic E-state index is -0.749. The van der Waals surface area contributed by atoms with Crippen LogP contribution in [0.5, 0.6) is 0 Å². The minimum absolute atomic E-state index is 0.0476. The van der Waals surface area contributed by atoms with Gasteiger partial charge in [-0.1, -0.05) is 31.0 Å². The molecule has 1 heterocycles. The molecule has 8 heteroatoms. The van der Waals surface area contributed by atoms with Crippen LogP contribution >= 0.6 is 0 Å². The molecule has 0 radical (unpaired) electrons. The lowest BCUT2D eigenvalue weighted by Gasteiger charge is -2.19. The fraction of sp³-hybridized carbons (Fsp3) is 0.450. The Hall–Kier alpha value is -3.03. The first-order valence-electron chi connectivity index (χ1n) is 9.37. The molecule has 28 heavy (non-hydrogen) atoms. The van der Waals surface area contributed by atoms with E-state index in [1.165, 1.54) is 0 Å². The number of ether oxygens (including phenoxy) is 1. The standard InChI is InChI=1S/C20H22N2O6/c23-16(21-18(25)13-6-2-1-3-7-13)12-28-17(24)10-11-22-19(26)14-8-4-5-9-15(14)20(22)27/h1-3,6-7,14-15H,4-5,8-12H2,(H,21,23,25)/t14-,15-/m0/s1. The maximum Gasteiger partial charge on any atom is 0.308 e. The summed E-state index contributed by atoms with van der Waals surface area (Å²) in [6.45, 7) is -0.654. The van der Waals surface area contributed by atoms with E-state index in [9.17, 15) is 24.0 Å². The third-order valence-electron chi connectivity index (χ3n) is 5.13. The summed E-state index contributed by atoms with van der Waals surface area (Å²) < 4.78 is 4.84. The maximum atomic E-state index is 12.3. The van der Waals surface area contributed by atoms with Crippen LogP contribution in [0.1, 0.15) is 42.5 Å². The van der Waals surface area contributed by atoms with Gasteiger partial charge in [0.25, 0.3) is 11.8 Å². The normalized spacial score (nSPS) is 21.2. The molecule has 1 saturated heterocycles. The summed E-state index contributed by atoms with van der Waals surface area (Å²) in [6, 6.07) is 8.17. The van der Waals surface area contributed by atoms with Crippen LogP contribution < -0.4 is 5.32 Å². The van der Waals surface area contributed by atoms with Gasteiger partial charge < -0.3 is 4.74 Å². The average molecular weight is 386 g/mol. The van der Waals surface area contributed by atoms with Gasteiger partial charge in [-0.15, -0.1) is 0 Å². The lowest BCUT2D eigenvalue weighted by atomic mass is 9.81. The summed E-state index contributed by atoms with van der Waals surface area (Å²) in [7, 11) is 0. The monoisotopic (exact) mass is 386 g/mol. The molecule has 0 unspecified atom stereocenters. The zero-order valence-electron chi connectivity index (χ0n) is 15.4. The van der Waals surface area contributed by atoms with E-state index in [0.29, 0.717) is 18.4 Å². The summed E-state index contributed by atoms with van der Waals surface area (Å²) in [5, 5.41) is 2.12. The van der Waals surface area contributed by atoms with E-state index in [1.807, 2.05) is 0 Å². The van der Waals surface area contributed by atoms with Gasteiger partial charge in [-0.3, -0.25) is 34.2 Å². The molecule has 0 bridgehead atoms. The Labute approximate surface area is 162 Å². The van der Waals surface area contributed by atoms with Gasteiger partial charge in [-0.2, -0.15) is 0 Å². The maximum absolute atomic E-state index is 12.3. The molecule has 1 saturated carbocycles. The number of esters is 1. The van der Waals surface area contributed by atoms with E-state index in [4.69, 9.17) is 4.74 Å². The molecule has 2 fully saturated rings. The van der Waals surface area contributed by atoms with Crippen molar-refractivity contribution in [2.45, 2.75) is 32.1 Å². The highest BCUT2D eigenvalue weighted by atomic mass is 16.5. The molecule has 8 nitrogen and oxygen atoms in total. The molecule has 1 aromatic carbocycles. The third kappa shape index (κ3) is 4.44. The van der Waals surface area contributed by atoms with Gasteiger partial charge in [-0.05, 0) is 25.0 Å². The van der Waals surface area contributed by atoms with Gasteiger partial charge in [0.05, 0.1) is 18.3 Å². The van der Waals surface area contributed by atoms with Crippen LogP contribution in [0.25, 0.3) is 0 Å². The zero-order valence-corrected chi connectivity index (χ0v) is 15.4. The highest BCUT2D eigenvalue weighted by Crippen LogP contribution is 2.37. The van der Waals surface area contributed by atoms with E-state index in [1.54, 1.807) is 30.3 Å². The molecule has 0 spiro atoms. The number of fused-ring (bicyclic) bond motifs is 1. The minimum Gasteiger partial charge on any atom is -0.456 e. The van der Waals surface area contributed by atoms with Crippen molar-refractivity contribution in [2.75, 3.05) is 13.2 Å². The Kier molecular flexibility index (Phi) is 6.18. The number of likely N-dealkylation sites (tertiary alicyclic amines) is 1. The number of nitrogens with one attached hydrogen (secondary N) is 1. The van der Waals surface area contributed by atoms with Crippen molar-refractivity contribution in [3.05, 3.63) is 35.9 Å². The van der Waals surface area contributed by atoms with Crippen molar-refractivity contribution in [1.82, 2.24) is 10.2 Å². The number of carbonyl (C=O) groups excluding carboxylic acids is 5. The molecule has 1 aliphatic heterocycles. The first-order valence-corrected chi connectivity index (χ1v) is 9.37. The predicted molar refractivity (Wildman–Crippen MR) is 96.7 cm³/mol. The molecule has 0 aromatic heterocycles. The third-order valence-corrected chi connectivity index (χ3v) is 5.13. The molecule has 3 rings (SSSR count). The van der Waals surface area contributed by atoms with Crippen LogP contribution in [0, 0.1) is 11.8 Å². The van der Waals surface area contributed by atoms with Gasteiger partial charge in [0.15, 0.2) is 6.61 Å². The van der Waals surface area contributed by atoms with Gasteiger partial charge in [0.2, 0.25) is 11.8 Å². The quantitative estimate of drug-likeness (QED) is 0.578. The zero-order chi connectivity index (χ0) is 20.1. The lowest BCUT2D eigenvalue weighted by molar-refractivity contribution is -0.149. The summed E-state index contributed by atoms with van der Waals surface area (Å²) in [4.78, 5) is 61.2. The predicted octanol–water partition coefficient (Wildman–Crippen LogP) is 1.05. The van der Waals surface area contributed by atoms with E-state index >= 15 is 0 Å². The van der Waals surface area contributed by atoms with Crippen LogP contribution in [0.4, 0.5) is 0 Å². The number of hydrogen-bond acceptors (Lipinski definition) is 6. The fourth-order valence-corrected chi connectivity index (χ4v) is 3.70. The van der Waals surface area contributed by atoms with Gasteiger partial charge in [0, 0.05) is 12.1 Å². The summed E-state index contributed by atoms with van der Waals surface area (Å²) in [5.74, 6) is -2.99. The SMILES string of the molecule is O=C(COC(=O)CCN1C(=O)[C@H]2CCCC[C@@H]2C1=O)NC(=O)c1ccccc1. The Morgan fingerprint density at radius 2 is 1.61 bits per heavy atom. The molecule has 148 valence electrons. The Morgan fingerprint density at radius 3 is 2.21 bits per heavy atom. The summed E-state index contributed by atoms with van der Waals surface area (Å²) in [5.41, 5.74) is 0.315. The number of nitrogens with zero attached hydrogens (tertiary/aromatic N) is 1. The van der Waals surface area contributed by atoms with Crippen molar-refractivity contribution >= 4 is 29.6 Å². The van der Waals surface area contributed by atoms with Crippen molar-refractivity contribution < 1.29 is 28.7 Å². The van der Waals surface area contributed by atoms with Gasteiger partial charge in [0.1, 0.15) is 0 Å². The van der Waals surface area contributed by atoms with Crippen molar-refractivity contribution in [1.29, 1.82) is 0 Å². The molecular weight excluding hydrogens is 364 g/mol. The number of amides is 4. The largest absolute Gasteiger partial charge is 0.456 e. The molecule has 2 atom stereocenters. The van der Waals surface area contributed by atoms with Crippen LogP contribution in [-0.4, -0.2) is 47.6 Å². The second-order valence-corrected chi connectivity index (χ2v) is 6.98. The number of rotatable bonds is 6. The number of carbonyl (C=O) groups is 5. The Bertz CT molecular complexity index is 767. The van der Waals surface area contributed by atoms with E-state index in [2.05, 4.69) is 5.32 Å². The Balaban J connectivity index is 1.41. The molecule has 1 N–H and O–H groups in total. The topological polar surface area (TPSA) is 110 Å². The van der Waals surface area contributed by atoms with E-state index in [0.717, 1.165) is 17.7 Å². The van der Waals surface area contributed by atoms with E-state index in [-0.39, 0.29) is 36.6 Å². The van der Waals surface area contributed by atoms with Crippen molar-refractivity contribution in [2.24, 2.45) is 11.8 Å². The van der Waals surface area contributed by atoms with Crippen LogP contribution in [0.3, 0.4) is 0 Å². The van der Waals surface area contributed by atoms with Gasteiger partial charge in [-0.25, -0.2) is 0 Å². The van der Waals surface area contributed by atoms with E-state index < -0.39 is 24.4 Å². The fourth-order valence-electron chi connectivity index (χ4n) is 3.70. The smallest absolute Gasteiger partial charge is 0.308 e. The number of benzene rings is 1. The summed E-state index contributed by atoms with van der Waals surface area (Å²) in [6.07, 6.45) is 3.12. The Morgan fingerprint density at radius 1 is 1.00 bits per heavy atom. The van der Waals surface area contributed by atoms with Gasteiger partial charge >= 0.3 is 5.97 Å². The average Bonchev–Trinajstić information content (AvgIpc) is 2.96. The van der Waals surface area contributed by atoms with Crippen LogP contribution in [-0.2, 0) is 23.9 Å². The first kappa shape index (κ1) is 19.7. The van der Waals surface area contributed by atoms with Crippen molar-refractivity contribution in [3.63, 3.8) is 0 Å². The second-order valence-electron chi connectivity index (χ2n) is 6.98. The van der Waals surface area contributed by atoms with Crippen molar-refractivity contribution in [3.8, 4) is 0 Å². The molecule has 1 aromatic rings. The summed E-state index contributed by atoms with van der Waals surface area (Å²) >= 11 is 0.